The van der Waals surface area contributed by atoms with Crippen molar-refractivity contribution >= 4 is 34.5 Å². The van der Waals surface area contributed by atoms with Crippen molar-refractivity contribution in [3.05, 3.63) is 98.3 Å². The fourth-order valence-corrected chi connectivity index (χ4v) is 4.46. The summed E-state index contributed by atoms with van der Waals surface area (Å²) in [6, 6.07) is 11.4. The topological polar surface area (TPSA) is 121 Å². The number of halogens is 1. The lowest BCUT2D eigenvalue weighted by Crippen LogP contribution is -2.11. The van der Waals surface area contributed by atoms with E-state index < -0.39 is 0 Å². The largest absolute Gasteiger partial charge is 0.338 e. The van der Waals surface area contributed by atoms with Gasteiger partial charge in [0, 0.05) is 41.4 Å². The number of hydrogen-bond donors (Lipinski definition) is 2. The molecule has 0 bridgehead atoms. The number of aliphatic imine (C=N–C) groups is 1. The number of nitrogens with zero attached hydrogens (tertiary/aromatic N) is 5. The van der Waals surface area contributed by atoms with E-state index in [0.29, 0.717) is 28.5 Å². The number of nitrogens with one attached hydrogen (secondary N) is 2. The number of hydrogen-bond acceptors (Lipinski definition) is 6. The number of fused-ring (bicyclic) bond motifs is 1. The van der Waals surface area contributed by atoms with Crippen LogP contribution in [0, 0.1) is 24.7 Å². The minimum absolute atomic E-state index is 0.0601. The van der Waals surface area contributed by atoms with Crippen molar-refractivity contribution in [1.29, 1.82) is 0 Å². The van der Waals surface area contributed by atoms with Crippen LogP contribution in [0.1, 0.15) is 16.7 Å². The number of H-pyrrole nitrogens is 2. The Morgan fingerprint density at radius 3 is 2.78 bits per heavy atom. The van der Waals surface area contributed by atoms with E-state index in [2.05, 4.69) is 25.1 Å². The minimum Gasteiger partial charge on any atom is -0.338 e. The Bertz CT molecular complexity index is 1670. The summed E-state index contributed by atoms with van der Waals surface area (Å²) in [7, 11) is 0. The first kappa shape index (κ1) is 24.3. The van der Waals surface area contributed by atoms with Crippen molar-refractivity contribution in [1.82, 2.24) is 24.5 Å². The van der Waals surface area contributed by atoms with E-state index in [1.54, 1.807) is 31.0 Å². The van der Waals surface area contributed by atoms with Crippen molar-refractivity contribution in [2.24, 2.45) is 16.1 Å². The maximum Gasteiger partial charge on any atom is 0.261 e. The van der Waals surface area contributed by atoms with Gasteiger partial charge in [-0.15, -0.1) is 0 Å². The maximum atomic E-state index is 12.9. The first-order valence-electron chi connectivity index (χ1n) is 11.7. The van der Waals surface area contributed by atoms with Crippen LogP contribution in [-0.4, -0.2) is 37.3 Å². The molecule has 3 aromatic heterocycles. The molecule has 3 heterocycles. The molecule has 10 heteroatoms. The molecule has 9 nitrogen and oxygen atoms in total. The lowest BCUT2D eigenvalue weighted by atomic mass is 9.99. The summed E-state index contributed by atoms with van der Waals surface area (Å²) in [6.07, 6.45) is 9.08. The summed E-state index contributed by atoms with van der Waals surface area (Å²) in [4.78, 5) is 43.5. The second kappa shape index (κ2) is 10.3. The quantitative estimate of drug-likeness (QED) is 0.204. The van der Waals surface area contributed by atoms with Crippen molar-refractivity contribution in [3.63, 3.8) is 0 Å². The summed E-state index contributed by atoms with van der Waals surface area (Å²) in [6.45, 7) is 3.96. The molecule has 0 aliphatic carbocycles. The van der Waals surface area contributed by atoms with Gasteiger partial charge in [-0.1, -0.05) is 28.9 Å². The van der Waals surface area contributed by atoms with Crippen molar-refractivity contribution in [3.8, 4) is 17.1 Å². The van der Waals surface area contributed by atoms with Gasteiger partial charge in [-0.05, 0) is 61.2 Å². The average Bonchev–Trinajstić information content (AvgIpc) is 3.55. The van der Waals surface area contributed by atoms with Gasteiger partial charge in [0.1, 0.15) is 11.4 Å². The van der Waals surface area contributed by atoms with Gasteiger partial charge in [0.2, 0.25) is 0 Å². The molecule has 5 rings (SSSR count). The molecule has 0 fully saturated rings. The smallest absolute Gasteiger partial charge is 0.261 e. The van der Waals surface area contributed by atoms with Gasteiger partial charge >= 0.3 is 0 Å². The fraction of sp³-hybridized carbons (Fsp3) is 0.185. The Morgan fingerprint density at radius 1 is 1.16 bits per heavy atom. The van der Waals surface area contributed by atoms with E-state index in [0.717, 1.165) is 33.4 Å². The zero-order valence-corrected chi connectivity index (χ0v) is 21.0. The van der Waals surface area contributed by atoms with Gasteiger partial charge in [0.05, 0.1) is 29.6 Å². The van der Waals surface area contributed by atoms with E-state index in [4.69, 9.17) is 16.6 Å². The zero-order valence-electron chi connectivity index (χ0n) is 20.3. The summed E-state index contributed by atoms with van der Waals surface area (Å²) < 4.78 is 1.90. The first-order valence-corrected chi connectivity index (χ1v) is 12.1. The lowest BCUT2D eigenvalue weighted by molar-refractivity contribution is 0.709. The summed E-state index contributed by atoms with van der Waals surface area (Å²) >= 11 is 6.14. The van der Waals surface area contributed by atoms with Crippen LogP contribution >= 0.6 is 11.6 Å². The molecule has 0 spiro atoms. The van der Waals surface area contributed by atoms with Gasteiger partial charge in [0.15, 0.2) is 0 Å². The molecule has 1 unspecified atom stereocenters. The SMILES string of the molecule is Cc1cc(CC(C=Nc2cc[nH]c(=O)c2-c2nc3c(C)cc(-n4ccnc4)cc3[nH]2)CN=O)ccc1Cl. The van der Waals surface area contributed by atoms with E-state index in [1.165, 1.54) is 0 Å². The van der Waals surface area contributed by atoms with Crippen LogP contribution in [0.5, 0.6) is 0 Å². The second-order valence-electron chi connectivity index (χ2n) is 8.92. The van der Waals surface area contributed by atoms with Crippen LogP contribution in [0.4, 0.5) is 5.69 Å². The highest BCUT2D eigenvalue weighted by molar-refractivity contribution is 6.31. The van der Waals surface area contributed by atoms with E-state index >= 15 is 0 Å². The normalized spacial score (nSPS) is 12.4. The summed E-state index contributed by atoms with van der Waals surface area (Å²) in [5.74, 6) is 0.161. The van der Waals surface area contributed by atoms with Crippen molar-refractivity contribution < 1.29 is 0 Å². The van der Waals surface area contributed by atoms with Gasteiger partial charge < -0.3 is 14.5 Å². The molecule has 5 aromatic rings. The van der Waals surface area contributed by atoms with Crippen LogP contribution in [0.15, 0.2) is 76.3 Å². The van der Waals surface area contributed by atoms with Gasteiger partial charge in [-0.2, -0.15) is 4.91 Å². The highest BCUT2D eigenvalue weighted by atomic mass is 35.5. The molecule has 0 amide bonds. The van der Waals surface area contributed by atoms with Crippen molar-refractivity contribution in [2.75, 3.05) is 6.54 Å². The number of aromatic amines is 2. The van der Waals surface area contributed by atoms with E-state index in [-0.39, 0.29) is 18.0 Å². The molecule has 186 valence electrons. The number of pyridine rings is 1. The predicted octanol–water partition coefficient (Wildman–Crippen LogP) is 5.70. The second-order valence-corrected chi connectivity index (χ2v) is 9.33. The highest BCUT2D eigenvalue weighted by Crippen LogP contribution is 2.29. The van der Waals surface area contributed by atoms with Crippen LogP contribution in [0.3, 0.4) is 0 Å². The average molecular weight is 514 g/mol. The molecule has 0 aliphatic rings. The van der Waals surface area contributed by atoms with Crippen LogP contribution in [-0.2, 0) is 6.42 Å². The van der Waals surface area contributed by atoms with Gasteiger partial charge in [-0.3, -0.25) is 9.79 Å². The number of aromatic nitrogens is 5. The number of imidazole rings is 2. The minimum atomic E-state index is -0.320. The molecule has 0 saturated heterocycles. The zero-order chi connectivity index (χ0) is 25.9. The van der Waals surface area contributed by atoms with E-state index in [1.807, 2.05) is 54.9 Å². The number of nitroso groups, excluding NO2 is 1. The Morgan fingerprint density at radius 2 is 2.03 bits per heavy atom. The molecule has 0 radical (unpaired) electrons. The summed E-state index contributed by atoms with van der Waals surface area (Å²) in [5.41, 5.74) is 5.86. The molecule has 0 saturated carbocycles. The Hall–Kier alpha value is -4.37. The summed E-state index contributed by atoms with van der Waals surface area (Å²) in [5, 5.41) is 3.78. The Kier molecular flexibility index (Phi) is 6.78. The molecular formula is C27H24ClN7O2. The third-order valence-electron chi connectivity index (χ3n) is 6.19. The molecule has 37 heavy (non-hydrogen) atoms. The standard InChI is InChI=1S/C27H24ClN7O2/c1-16-9-18(3-4-21(16)28)11-19(14-32-37)13-31-22-5-6-30-27(36)24(22)26-33-23-12-20(35-8-7-29-15-35)10-17(2)25(23)34-26/h3-10,12-13,15,19H,11,14H2,1-2H3,(H,30,36)(H,33,34). The molecule has 2 aromatic carbocycles. The lowest BCUT2D eigenvalue weighted by Gasteiger charge is -2.10. The molecule has 0 aliphatic heterocycles. The Labute approximate surface area is 217 Å². The van der Waals surface area contributed by atoms with Crippen molar-refractivity contribution in [2.45, 2.75) is 20.3 Å². The highest BCUT2D eigenvalue weighted by Gasteiger charge is 2.16. The third kappa shape index (κ3) is 5.12. The van der Waals surface area contributed by atoms with Gasteiger partial charge in [0.25, 0.3) is 5.56 Å². The number of rotatable bonds is 8. The van der Waals surface area contributed by atoms with E-state index in [9.17, 15) is 9.70 Å². The first-order chi connectivity index (χ1) is 17.9. The molecule has 1 atom stereocenters. The number of aryl methyl sites for hydroxylation is 2. The molecular weight excluding hydrogens is 490 g/mol. The van der Waals surface area contributed by atoms with Crippen LogP contribution < -0.4 is 5.56 Å². The monoisotopic (exact) mass is 513 g/mol. The van der Waals surface area contributed by atoms with Gasteiger partial charge in [-0.25, -0.2) is 9.97 Å². The molecule has 2 N–H and O–H groups in total. The predicted molar refractivity (Wildman–Crippen MR) is 146 cm³/mol. The fourth-order valence-electron chi connectivity index (χ4n) is 4.34. The number of benzene rings is 2. The maximum absolute atomic E-state index is 12.9. The third-order valence-corrected chi connectivity index (χ3v) is 6.62. The van der Waals surface area contributed by atoms with Crippen LogP contribution in [0.25, 0.3) is 28.1 Å². The van der Waals surface area contributed by atoms with Crippen LogP contribution in [0.2, 0.25) is 5.02 Å². The Balaban J connectivity index is 1.50.